The van der Waals surface area contributed by atoms with Gasteiger partial charge < -0.3 is 9.84 Å². The fourth-order valence-electron chi connectivity index (χ4n) is 0.661. The van der Waals surface area contributed by atoms with Crippen molar-refractivity contribution >= 4 is 17.6 Å². The average molecular weight is 219 g/mol. The molecule has 0 amide bonds. The van der Waals surface area contributed by atoms with E-state index in [4.69, 9.17) is 16.7 Å². The minimum absolute atomic E-state index is 0.0215. The molecule has 0 aliphatic rings. The molecular formula is C8H11ClN2O3. The summed E-state index contributed by atoms with van der Waals surface area (Å²) in [6.45, 7) is 4.00. The van der Waals surface area contributed by atoms with Crippen LogP contribution in [0.2, 0.25) is 5.15 Å². The predicted molar refractivity (Wildman–Crippen MR) is 51.9 cm³/mol. The molecule has 0 aliphatic carbocycles. The van der Waals surface area contributed by atoms with Crippen LogP contribution in [0.25, 0.3) is 0 Å². The summed E-state index contributed by atoms with van der Waals surface area (Å²) in [6, 6.07) is 1.18. The van der Waals surface area contributed by atoms with E-state index in [-0.39, 0.29) is 16.6 Å². The van der Waals surface area contributed by atoms with Gasteiger partial charge in [0.2, 0.25) is 5.88 Å². The summed E-state index contributed by atoms with van der Waals surface area (Å²) in [7, 11) is 1.31. The molecule has 0 unspecified atom stereocenters. The van der Waals surface area contributed by atoms with Crippen LogP contribution < -0.4 is 4.74 Å². The van der Waals surface area contributed by atoms with Gasteiger partial charge in [-0.1, -0.05) is 25.4 Å². The van der Waals surface area contributed by atoms with E-state index in [2.05, 4.69) is 14.9 Å². The maximum atomic E-state index is 10.5. The predicted octanol–water partition coefficient (Wildman–Crippen LogP) is 1.86. The van der Waals surface area contributed by atoms with Gasteiger partial charge in [-0.05, 0) is 6.07 Å². The molecule has 0 atom stereocenters. The Bertz CT molecular complexity index is 317. The van der Waals surface area contributed by atoms with Crippen LogP contribution in [-0.4, -0.2) is 28.4 Å². The van der Waals surface area contributed by atoms with E-state index < -0.39 is 5.97 Å². The van der Waals surface area contributed by atoms with Crippen LogP contribution in [-0.2, 0) is 0 Å². The molecule has 1 aromatic rings. The summed E-state index contributed by atoms with van der Waals surface area (Å²) in [5.41, 5.74) is -0.0995. The molecule has 0 saturated heterocycles. The fourth-order valence-corrected chi connectivity index (χ4v) is 0.808. The molecule has 0 fully saturated rings. The Kier molecular flexibility index (Phi) is 5.55. The van der Waals surface area contributed by atoms with Crippen molar-refractivity contribution in [2.45, 2.75) is 13.8 Å². The lowest BCUT2D eigenvalue weighted by Crippen LogP contribution is -2.03. The number of halogens is 1. The smallest absolute Gasteiger partial charge is 0.341 e. The van der Waals surface area contributed by atoms with E-state index in [9.17, 15) is 4.79 Å². The zero-order chi connectivity index (χ0) is 11.1. The molecule has 1 heterocycles. The third-order valence-electron chi connectivity index (χ3n) is 1.15. The molecule has 0 bridgehead atoms. The molecule has 1 N–H and O–H groups in total. The van der Waals surface area contributed by atoms with E-state index in [1.54, 1.807) is 0 Å². The number of aromatic nitrogens is 2. The first-order valence-corrected chi connectivity index (χ1v) is 4.33. The van der Waals surface area contributed by atoms with Crippen molar-refractivity contribution in [2.24, 2.45) is 0 Å². The first-order chi connectivity index (χ1) is 6.65. The molecule has 0 aromatic carbocycles. The quantitative estimate of drug-likeness (QED) is 0.820. The number of nitrogens with zero attached hydrogens (tertiary/aromatic N) is 2. The summed E-state index contributed by atoms with van der Waals surface area (Å²) in [5, 5.41) is 15.5. The van der Waals surface area contributed by atoms with Gasteiger partial charge in [-0.25, -0.2) is 4.79 Å². The van der Waals surface area contributed by atoms with Gasteiger partial charge in [0.15, 0.2) is 5.15 Å². The van der Waals surface area contributed by atoms with Crippen LogP contribution in [0.1, 0.15) is 24.2 Å². The number of aromatic carboxylic acids is 1. The minimum atomic E-state index is -1.15. The third kappa shape index (κ3) is 3.18. The Hall–Kier alpha value is -1.36. The van der Waals surface area contributed by atoms with Crippen molar-refractivity contribution in [3.63, 3.8) is 0 Å². The topological polar surface area (TPSA) is 72.3 Å². The number of rotatable bonds is 2. The fraction of sp³-hybridized carbons (Fsp3) is 0.375. The number of carboxylic acids is 1. The second kappa shape index (κ2) is 6.15. The average Bonchev–Trinajstić information content (AvgIpc) is 2.20. The largest absolute Gasteiger partial charge is 0.479 e. The lowest BCUT2D eigenvalue weighted by atomic mass is 10.3. The van der Waals surface area contributed by atoms with Gasteiger partial charge in [0.1, 0.15) is 5.56 Å². The van der Waals surface area contributed by atoms with Crippen LogP contribution in [0.4, 0.5) is 0 Å². The lowest BCUT2D eigenvalue weighted by molar-refractivity contribution is 0.0692. The van der Waals surface area contributed by atoms with Crippen molar-refractivity contribution < 1.29 is 14.6 Å². The highest BCUT2D eigenvalue weighted by Crippen LogP contribution is 2.16. The third-order valence-corrected chi connectivity index (χ3v) is 1.34. The summed E-state index contributed by atoms with van der Waals surface area (Å²) in [5.74, 6) is -1.20. The zero-order valence-corrected chi connectivity index (χ0v) is 8.87. The lowest BCUT2D eigenvalue weighted by Gasteiger charge is -2.00. The summed E-state index contributed by atoms with van der Waals surface area (Å²) >= 11 is 5.43. The number of ether oxygens (including phenoxy) is 1. The minimum Gasteiger partial charge on any atom is -0.479 e. The summed E-state index contributed by atoms with van der Waals surface area (Å²) < 4.78 is 4.65. The highest BCUT2D eigenvalue weighted by molar-refractivity contribution is 6.29. The molecule has 0 radical (unpaired) electrons. The van der Waals surface area contributed by atoms with Crippen LogP contribution in [0.15, 0.2) is 6.07 Å². The van der Waals surface area contributed by atoms with Crippen molar-refractivity contribution in [1.82, 2.24) is 10.2 Å². The van der Waals surface area contributed by atoms with Crippen molar-refractivity contribution in [3.05, 3.63) is 16.8 Å². The van der Waals surface area contributed by atoms with Gasteiger partial charge in [-0.15, -0.1) is 10.2 Å². The van der Waals surface area contributed by atoms with E-state index in [0.717, 1.165) is 0 Å². The second-order valence-corrected chi connectivity index (χ2v) is 2.28. The van der Waals surface area contributed by atoms with E-state index in [1.807, 2.05) is 13.8 Å². The highest BCUT2D eigenvalue weighted by atomic mass is 35.5. The van der Waals surface area contributed by atoms with Gasteiger partial charge in [-0.2, -0.15) is 0 Å². The van der Waals surface area contributed by atoms with Crippen LogP contribution >= 0.6 is 11.6 Å². The van der Waals surface area contributed by atoms with Crippen molar-refractivity contribution in [2.75, 3.05) is 7.11 Å². The molecular weight excluding hydrogens is 208 g/mol. The Morgan fingerprint density at radius 1 is 1.50 bits per heavy atom. The molecule has 0 saturated carbocycles. The number of methoxy groups -OCH3 is 1. The Labute approximate surface area is 86.7 Å². The number of carboxylic acid groups (broad SMARTS) is 1. The number of carbonyl (C=O) groups is 1. The molecule has 1 rings (SSSR count). The number of hydrogen-bond acceptors (Lipinski definition) is 4. The molecule has 0 aliphatic heterocycles. The van der Waals surface area contributed by atoms with Gasteiger partial charge in [0.25, 0.3) is 0 Å². The van der Waals surface area contributed by atoms with Crippen molar-refractivity contribution in [1.29, 1.82) is 0 Å². The first-order valence-electron chi connectivity index (χ1n) is 3.95. The van der Waals surface area contributed by atoms with E-state index in [1.165, 1.54) is 13.2 Å². The van der Waals surface area contributed by atoms with Gasteiger partial charge in [0, 0.05) is 0 Å². The van der Waals surface area contributed by atoms with Crippen LogP contribution in [0.5, 0.6) is 5.88 Å². The Morgan fingerprint density at radius 3 is 2.50 bits per heavy atom. The van der Waals surface area contributed by atoms with E-state index >= 15 is 0 Å². The van der Waals surface area contributed by atoms with E-state index in [0.29, 0.717) is 0 Å². The SMILES string of the molecule is CC.COc1nnc(Cl)cc1C(=O)O. The zero-order valence-electron chi connectivity index (χ0n) is 8.11. The summed E-state index contributed by atoms with van der Waals surface area (Å²) in [4.78, 5) is 10.5. The highest BCUT2D eigenvalue weighted by Gasteiger charge is 2.13. The van der Waals surface area contributed by atoms with Crippen molar-refractivity contribution in [3.8, 4) is 5.88 Å². The van der Waals surface area contributed by atoms with Gasteiger partial charge in [0.05, 0.1) is 7.11 Å². The molecule has 0 spiro atoms. The molecule has 14 heavy (non-hydrogen) atoms. The summed E-state index contributed by atoms with van der Waals surface area (Å²) in [6.07, 6.45) is 0. The Balaban J connectivity index is 0.000000791. The normalized spacial score (nSPS) is 8.57. The molecule has 6 heteroatoms. The maximum Gasteiger partial charge on any atom is 0.341 e. The standard InChI is InChI=1S/C6H5ClN2O3.C2H6/c1-12-5-3(6(10)11)2-4(7)8-9-5;1-2/h2H,1H3,(H,10,11);1-2H3. The molecule has 5 nitrogen and oxygen atoms in total. The maximum absolute atomic E-state index is 10.5. The number of hydrogen-bond donors (Lipinski definition) is 1. The van der Waals surface area contributed by atoms with Gasteiger partial charge >= 0.3 is 5.97 Å². The first kappa shape index (κ1) is 12.6. The molecule has 78 valence electrons. The molecule has 1 aromatic heterocycles. The second-order valence-electron chi connectivity index (χ2n) is 1.90. The Morgan fingerprint density at radius 2 is 2.07 bits per heavy atom. The monoisotopic (exact) mass is 218 g/mol. The van der Waals surface area contributed by atoms with Gasteiger partial charge in [-0.3, -0.25) is 0 Å². The van der Waals surface area contributed by atoms with Crippen LogP contribution in [0.3, 0.4) is 0 Å². The van der Waals surface area contributed by atoms with Crippen LogP contribution in [0, 0.1) is 0 Å².